The summed E-state index contributed by atoms with van der Waals surface area (Å²) in [6.45, 7) is 1.38. The molecule has 2 heterocycles. The number of aryl methyl sites for hydroxylation is 1. The number of carbonyl (C=O) groups excluding carboxylic acids is 1. The van der Waals surface area contributed by atoms with E-state index in [0.29, 0.717) is 43.2 Å². The van der Waals surface area contributed by atoms with Gasteiger partial charge in [-0.25, -0.2) is 0 Å². The van der Waals surface area contributed by atoms with Crippen LogP contribution in [0, 0.1) is 23.7 Å². The molecule has 1 N–H and O–H groups in total. The Morgan fingerprint density at radius 1 is 1.10 bits per heavy atom. The van der Waals surface area contributed by atoms with Crippen molar-refractivity contribution in [3.05, 3.63) is 41.7 Å². The molecule has 7 heteroatoms. The molecule has 1 amide bonds. The van der Waals surface area contributed by atoms with Gasteiger partial charge in [-0.1, -0.05) is 30.3 Å². The average molecular weight is 408 g/mol. The highest BCUT2D eigenvalue weighted by Crippen LogP contribution is 2.64. The second-order valence-corrected chi connectivity index (χ2v) is 10.1. The normalized spacial score (nSPS) is 37.4. The summed E-state index contributed by atoms with van der Waals surface area (Å²) in [5.74, 6) is 3.03. The van der Waals surface area contributed by atoms with E-state index < -0.39 is 0 Å². The number of likely N-dealkylation sites (tertiary alicyclic amines) is 1. The molecule has 158 valence electrons. The molecule has 0 unspecified atom stereocenters. The molecule has 5 fully saturated rings. The van der Waals surface area contributed by atoms with Gasteiger partial charge in [0.1, 0.15) is 0 Å². The van der Waals surface area contributed by atoms with Gasteiger partial charge in [-0.3, -0.25) is 4.79 Å². The fourth-order valence-corrected chi connectivity index (χ4v) is 7.24. The van der Waals surface area contributed by atoms with Crippen molar-refractivity contribution < 1.29 is 9.90 Å². The molecular weight excluding hydrogens is 378 g/mol. The first-order chi connectivity index (χ1) is 14.5. The lowest BCUT2D eigenvalue weighted by atomic mass is 9.42. The highest BCUT2D eigenvalue weighted by molar-refractivity contribution is 5.79. The molecule has 1 aromatic carbocycles. The molecule has 1 aromatic heterocycles. The maximum atomic E-state index is 13.5. The van der Waals surface area contributed by atoms with Crippen LogP contribution in [-0.2, 0) is 17.3 Å². The summed E-state index contributed by atoms with van der Waals surface area (Å²) in [4.78, 5) is 16.9. The van der Waals surface area contributed by atoms with Crippen LogP contribution in [0.3, 0.4) is 0 Å². The summed E-state index contributed by atoms with van der Waals surface area (Å²) in [6, 6.07) is 10.7. The number of benzene rings is 1. The summed E-state index contributed by atoms with van der Waals surface area (Å²) in [6.07, 6.45) is 4.69. The fraction of sp³-hybridized carbons (Fsp3) is 0.652. The molecule has 4 saturated carbocycles. The van der Waals surface area contributed by atoms with E-state index in [9.17, 15) is 9.90 Å². The Kier molecular flexibility index (Phi) is 4.07. The predicted octanol–water partition coefficient (Wildman–Crippen LogP) is 1.89. The van der Waals surface area contributed by atoms with E-state index in [1.165, 1.54) is 10.4 Å². The van der Waals surface area contributed by atoms with Crippen molar-refractivity contribution in [2.75, 3.05) is 13.1 Å². The number of amides is 1. The van der Waals surface area contributed by atoms with Crippen LogP contribution in [0.1, 0.15) is 49.4 Å². The lowest BCUT2D eigenvalue weighted by Crippen LogP contribution is -2.62. The summed E-state index contributed by atoms with van der Waals surface area (Å²) >= 11 is 0. The number of rotatable bonds is 4. The van der Waals surface area contributed by atoms with Crippen molar-refractivity contribution >= 4 is 5.91 Å². The van der Waals surface area contributed by atoms with Crippen LogP contribution in [0.15, 0.2) is 30.3 Å². The Labute approximate surface area is 176 Å². The van der Waals surface area contributed by atoms with Gasteiger partial charge < -0.3 is 10.0 Å². The molecule has 7 rings (SSSR count). The first-order valence-electron chi connectivity index (χ1n) is 11.3. The molecule has 7 nitrogen and oxygen atoms in total. The number of hydrogen-bond acceptors (Lipinski definition) is 5. The number of nitrogens with zero attached hydrogens (tertiary/aromatic N) is 5. The van der Waals surface area contributed by atoms with Gasteiger partial charge in [0.2, 0.25) is 5.91 Å². The van der Waals surface area contributed by atoms with E-state index in [-0.39, 0.29) is 23.3 Å². The molecule has 0 spiro atoms. The molecule has 5 aliphatic rings. The summed E-state index contributed by atoms with van der Waals surface area (Å²) in [5, 5.41) is 23.0. The Morgan fingerprint density at radius 3 is 2.30 bits per heavy atom. The Bertz CT molecular complexity index is 922. The minimum Gasteiger partial charge on any atom is -0.393 e. The molecule has 2 aromatic rings. The van der Waals surface area contributed by atoms with Crippen molar-refractivity contribution in [3.63, 3.8) is 0 Å². The molecule has 0 atom stereocenters. The lowest BCUT2D eigenvalue weighted by Gasteiger charge is -2.63. The largest absolute Gasteiger partial charge is 0.393 e. The number of hydrogen-bond donors (Lipinski definition) is 1. The first kappa shape index (κ1) is 18.5. The van der Waals surface area contributed by atoms with E-state index in [4.69, 9.17) is 0 Å². The number of aromatic nitrogens is 4. The van der Waals surface area contributed by atoms with Gasteiger partial charge in [0.15, 0.2) is 5.82 Å². The third kappa shape index (κ3) is 2.60. The Balaban J connectivity index is 1.26. The molecule has 4 bridgehead atoms. The maximum Gasteiger partial charge on any atom is 0.223 e. The molecule has 1 aliphatic heterocycles. The molecule has 4 aliphatic carbocycles. The SMILES string of the molecule is Cn1nnc(C2CN(C(=O)CC3(c4ccccc4)C4CC5CC3CC(C4)C5O)C2)n1. The van der Waals surface area contributed by atoms with Crippen molar-refractivity contribution in [2.24, 2.45) is 30.7 Å². The van der Waals surface area contributed by atoms with Gasteiger partial charge >= 0.3 is 0 Å². The number of carbonyl (C=O) groups is 1. The first-order valence-corrected chi connectivity index (χ1v) is 11.3. The van der Waals surface area contributed by atoms with Crippen LogP contribution in [0.4, 0.5) is 0 Å². The zero-order valence-corrected chi connectivity index (χ0v) is 17.4. The van der Waals surface area contributed by atoms with Gasteiger partial charge in [0, 0.05) is 24.9 Å². The van der Waals surface area contributed by atoms with Crippen LogP contribution in [-0.4, -0.2) is 55.3 Å². The molecule has 30 heavy (non-hydrogen) atoms. The second kappa shape index (κ2) is 6.61. The predicted molar refractivity (Wildman–Crippen MR) is 109 cm³/mol. The van der Waals surface area contributed by atoms with Gasteiger partial charge in [0.05, 0.1) is 19.1 Å². The average Bonchev–Trinajstić information content (AvgIpc) is 3.11. The smallest absolute Gasteiger partial charge is 0.223 e. The number of aliphatic hydroxyl groups is 1. The molecular formula is C23H29N5O2. The monoisotopic (exact) mass is 407 g/mol. The third-order valence-corrected chi connectivity index (χ3v) is 8.65. The minimum atomic E-state index is -0.127. The number of tetrazole rings is 1. The van der Waals surface area contributed by atoms with Gasteiger partial charge in [-0.15, -0.1) is 10.2 Å². The van der Waals surface area contributed by atoms with Crippen LogP contribution in [0.5, 0.6) is 0 Å². The van der Waals surface area contributed by atoms with Crippen molar-refractivity contribution in [3.8, 4) is 0 Å². The lowest BCUT2D eigenvalue weighted by molar-refractivity contribution is -0.155. The second-order valence-electron chi connectivity index (χ2n) is 10.1. The van der Waals surface area contributed by atoms with Crippen molar-refractivity contribution in [1.29, 1.82) is 0 Å². The van der Waals surface area contributed by atoms with Crippen LogP contribution in [0.25, 0.3) is 0 Å². The summed E-state index contributed by atoms with van der Waals surface area (Å²) in [7, 11) is 1.77. The van der Waals surface area contributed by atoms with Crippen LogP contribution in [0.2, 0.25) is 0 Å². The van der Waals surface area contributed by atoms with E-state index in [1.54, 1.807) is 7.05 Å². The quantitative estimate of drug-likeness (QED) is 0.837. The summed E-state index contributed by atoms with van der Waals surface area (Å²) < 4.78 is 0. The minimum absolute atomic E-state index is 0.0820. The van der Waals surface area contributed by atoms with Crippen molar-refractivity contribution in [2.45, 2.75) is 49.5 Å². The standard InChI is InChI=1S/C23H29N5O2/c1-27-25-22(24-26-27)16-12-28(13-16)20(29)11-23(17-5-3-2-4-6-17)18-7-14-8-19(23)10-15(9-18)21(14)30/h2-6,14-16,18-19,21,30H,7-13H2,1H3. The molecule has 0 radical (unpaired) electrons. The van der Waals surface area contributed by atoms with E-state index >= 15 is 0 Å². The highest BCUT2D eigenvalue weighted by atomic mass is 16.3. The third-order valence-electron chi connectivity index (χ3n) is 8.65. The van der Waals surface area contributed by atoms with Crippen LogP contribution < -0.4 is 0 Å². The Hall–Kier alpha value is -2.28. The van der Waals surface area contributed by atoms with Crippen molar-refractivity contribution in [1.82, 2.24) is 25.1 Å². The van der Waals surface area contributed by atoms with E-state index in [2.05, 4.69) is 45.7 Å². The van der Waals surface area contributed by atoms with Gasteiger partial charge in [-0.05, 0) is 60.1 Å². The highest BCUT2D eigenvalue weighted by Gasteiger charge is 2.61. The maximum absolute atomic E-state index is 13.5. The van der Waals surface area contributed by atoms with E-state index in [1.807, 2.05) is 4.90 Å². The fourth-order valence-electron chi connectivity index (χ4n) is 7.24. The zero-order chi connectivity index (χ0) is 20.5. The molecule has 1 saturated heterocycles. The topological polar surface area (TPSA) is 84.1 Å². The zero-order valence-electron chi connectivity index (χ0n) is 17.4. The number of aliphatic hydroxyl groups excluding tert-OH is 1. The van der Waals surface area contributed by atoms with E-state index in [0.717, 1.165) is 31.5 Å². The van der Waals surface area contributed by atoms with Crippen LogP contribution >= 0.6 is 0 Å². The summed E-state index contributed by atoms with van der Waals surface area (Å²) in [5.41, 5.74) is 1.25. The van der Waals surface area contributed by atoms with Gasteiger partial charge in [0.25, 0.3) is 0 Å². The van der Waals surface area contributed by atoms with Gasteiger partial charge in [-0.2, -0.15) is 4.80 Å². The Morgan fingerprint density at radius 2 is 1.73 bits per heavy atom.